The monoisotopic (exact) mass is 440 g/mol. The highest BCUT2D eigenvalue weighted by Crippen LogP contribution is 2.35. The number of nitrogens with zero attached hydrogens (tertiary/aromatic N) is 1. The Labute approximate surface area is 194 Å². The van der Waals surface area contributed by atoms with E-state index < -0.39 is 0 Å². The zero-order valence-corrected chi connectivity index (χ0v) is 19.6. The number of hydrogen-bond acceptors (Lipinski definition) is 4. The zero-order valence-electron chi connectivity index (χ0n) is 19.6. The summed E-state index contributed by atoms with van der Waals surface area (Å²) in [5.74, 6) is -0.0411. The molecule has 168 valence electrons. The van der Waals surface area contributed by atoms with Crippen LogP contribution in [0.1, 0.15) is 36.1 Å². The van der Waals surface area contributed by atoms with Gasteiger partial charge in [0.1, 0.15) is 11.4 Å². The number of nitrogens with one attached hydrogen (secondary N) is 1. The largest absolute Gasteiger partial charge is 0.491 e. The van der Waals surface area contributed by atoms with Crippen molar-refractivity contribution < 1.29 is 14.3 Å². The molecule has 0 aliphatic carbocycles. The zero-order chi connectivity index (χ0) is 23.7. The third-order valence-corrected chi connectivity index (χ3v) is 5.52. The molecule has 3 aromatic carbocycles. The molecule has 1 aliphatic rings. The Hall–Kier alpha value is -3.86. The van der Waals surface area contributed by atoms with Crippen molar-refractivity contribution in [3.63, 3.8) is 0 Å². The smallest absolute Gasteiger partial charge is 0.282 e. The van der Waals surface area contributed by atoms with E-state index in [1.165, 1.54) is 4.90 Å². The first kappa shape index (κ1) is 22.3. The van der Waals surface area contributed by atoms with Gasteiger partial charge in [0.25, 0.3) is 11.8 Å². The number of carbonyl (C=O) groups excluding carboxylic acids is 2. The topological polar surface area (TPSA) is 58.6 Å². The summed E-state index contributed by atoms with van der Waals surface area (Å²) in [6.45, 7) is 9.86. The molecular weight excluding hydrogens is 412 g/mol. The van der Waals surface area contributed by atoms with Gasteiger partial charge in [0.15, 0.2) is 0 Å². The SMILES string of the molecule is Cc1ccc(NC2=C(c3ccc(C)cc3C)C(=O)N(c3ccc(OC(C)C)cc3)C2=O)cc1. The molecule has 33 heavy (non-hydrogen) atoms. The van der Waals surface area contributed by atoms with Crippen molar-refractivity contribution in [1.82, 2.24) is 0 Å². The normalized spacial score (nSPS) is 13.8. The van der Waals surface area contributed by atoms with E-state index in [1.807, 2.05) is 77.1 Å². The molecule has 0 aromatic heterocycles. The molecule has 0 unspecified atom stereocenters. The minimum absolute atomic E-state index is 0.0361. The summed E-state index contributed by atoms with van der Waals surface area (Å²) >= 11 is 0. The molecule has 3 aromatic rings. The summed E-state index contributed by atoms with van der Waals surface area (Å²) in [5.41, 5.74) is 5.81. The van der Waals surface area contributed by atoms with Crippen molar-refractivity contribution in [3.05, 3.63) is 94.7 Å². The van der Waals surface area contributed by atoms with Crippen LogP contribution in [0.15, 0.2) is 72.4 Å². The maximum absolute atomic E-state index is 13.6. The van der Waals surface area contributed by atoms with Crippen LogP contribution in [0.2, 0.25) is 0 Å². The van der Waals surface area contributed by atoms with Gasteiger partial charge in [0, 0.05) is 5.69 Å². The number of anilines is 2. The minimum Gasteiger partial charge on any atom is -0.491 e. The Morgan fingerprint density at radius 3 is 2.03 bits per heavy atom. The predicted molar refractivity (Wildman–Crippen MR) is 132 cm³/mol. The molecule has 5 heteroatoms. The third-order valence-electron chi connectivity index (χ3n) is 5.52. The van der Waals surface area contributed by atoms with E-state index in [4.69, 9.17) is 4.74 Å². The first-order valence-electron chi connectivity index (χ1n) is 11.1. The molecule has 2 amide bonds. The molecule has 1 N–H and O–H groups in total. The van der Waals surface area contributed by atoms with Crippen molar-refractivity contribution in [2.75, 3.05) is 10.2 Å². The number of benzene rings is 3. The molecule has 0 radical (unpaired) electrons. The second-order valence-electron chi connectivity index (χ2n) is 8.67. The van der Waals surface area contributed by atoms with E-state index in [-0.39, 0.29) is 23.6 Å². The van der Waals surface area contributed by atoms with Crippen molar-refractivity contribution in [3.8, 4) is 5.75 Å². The first-order chi connectivity index (χ1) is 15.7. The molecule has 4 rings (SSSR count). The van der Waals surface area contributed by atoms with Gasteiger partial charge < -0.3 is 10.1 Å². The maximum Gasteiger partial charge on any atom is 0.282 e. The average molecular weight is 441 g/mol. The molecule has 0 atom stereocenters. The number of imide groups is 1. The molecule has 1 heterocycles. The molecule has 0 saturated heterocycles. The van der Waals surface area contributed by atoms with E-state index in [2.05, 4.69) is 5.32 Å². The van der Waals surface area contributed by atoms with Crippen molar-refractivity contribution in [2.24, 2.45) is 0 Å². The van der Waals surface area contributed by atoms with E-state index in [9.17, 15) is 9.59 Å². The third kappa shape index (κ3) is 4.53. The van der Waals surface area contributed by atoms with Crippen LogP contribution in [0.25, 0.3) is 5.57 Å². The Morgan fingerprint density at radius 2 is 1.42 bits per heavy atom. The summed E-state index contributed by atoms with van der Waals surface area (Å²) in [5, 5.41) is 3.22. The lowest BCUT2D eigenvalue weighted by Crippen LogP contribution is -2.32. The number of amides is 2. The molecular formula is C28H28N2O3. The number of ether oxygens (including phenoxy) is 1. The molecule has 0 bridgehead atoms. The number of aryl methyl sites for hydroxylation is 3. The van der Waals surface area contributed by atoms with E-state index in [0.29, 0.717) is 17.0 Å². The van der Waals surface area contributed by atoms with Gasteiger partial charge in [0.05, 0.1) is 17.4 Å². The van der Waals surface area contributed by atoms with Gasteiger partial charge in [-0.1, -0.05) is 41.5 Å². The highest BCUT2D eigenvalue weighted by Gasteiger charge is 2.40. The van der Waals surface area contributed by atoms with Crippen LogP contribution in [-0.4, -0.2) is 17.9 Å². The van der Waals surface area contributed by atoms with Gasteiger partial charge in [-0.3, -0.25) is 9.59 Å². The van der Waals surface area contributed by atoms with Crippen LogP contribution in [-0.2, 0) is 9.59 Å². The Morgan fingerprint density at radius 1 is 0.788 bits per heavy atom. The van der Waals surface area contributed by atoms with E-state index >= 15 is 0 Å². The Kier molecular flexibility index (Phi) is 6.05. The van der Waals surface area contributed by atoms with Crippen LogP contribution < -0.4 is 15.0 Å². The number of carbonyl (C=O) groups is 2. The number of hydrogen-bond donors (Lipinski definition) is 1. The second kappa shape index (κ2) is 8.94. The van der Waals surface area contributed by atoms with Gasteiger partial charge in [-0.2, -0.15) is 0 Å². The fraction of sp³-hybridized carbons (Fsp3) is 0.214. The summed E-state index contributed by atoms with van der Waals surface area (Å²) < 4.78 is 5.70. The van der Waals surface area contributed by atoms with Crippen LogP contribution in [0.3, 0.4) is 0 Å². The van der Waals surface area contributed by atoms with Crippen LogP contribution in [0.5, 0.6) is 5.75 Å². The minimum atomic E-state index is -0.381. The second-order valence-corrected chi connectivity index (χ2v) is 8.67. The highest BCUT2D eigenvalue weighted by molar-refractivity contribution is 6.46. The maximum atomic E-state index is 13.6. The van der Waals surface area contributed by atoms with Gasteiger partial charge in [0.2, 0.25) is 0 Å². The fourth-order valence-corrected chi connectivity index (χ4v) is 3.95. The fourth-order valence-electron chi connectivity index (χ4n) is 3.95. The van der Waals surface area contributed by atoms with Crippen molar-refractivity contribution in [1.29, 1.82) is 0 Å². The quantitative estimate of drug-likeness (QED) is 0.493. The van der Waals surface area contributed by atoms with Crippen LogP contribution >= 0.6 is 0 Å². The van der Waals surface area contributed by atoms with E-state index in [1.54, 1.807) is 24.3 Å². The van der Waals surface area contributed by atoms with Gasteiger partial charge in [-0.05, 0) is 82.1 Å². The van der Waals surface area contributed by atoms with Gasteiger partial charge in [-0.25, -0.2) is 4.90 Å². The average Bonchev–Trinajstić information content (AvgIpc) is 3.00. The lowest BCUT2D eigenvalue weighted by Gasteiger charge is -2.17. The molecule has 1 aliphatic heterocycles. The standard InChI is InChI=1S/C28H28N2O3/c1-17(2)33-23-13-11-22(12-14-23)30-27(31)25(24-15-8-19(4)16-20(24)5)26(28(30)32)29-21-9-6-18(3)7-10-21/h6-17,29H,1-5H3. The summed E-state index contributed by atoms with van der Waals surface area (Å²) in [6.07, 6.45) is 0.0361. The first-order valence-corrected chi connectivity index (χ1v) is 11.1. The molecule has 0 fully saturated rings. The van der Waals surface area contributed by atoms with Gasteiger partial charge in [-0.15, -0.1) is 0 Å². The summed E-state index contributed by atoms with van der Waals surface area (Å²) in [7, 11) is 0. The number of rotatable bonds is 6. The van der Waals surface area contributed by atoms with Crippen molar-refractivity contribution >= 4 is 28.8 Å². The Balaban J connectivity index is 1.77. The van der Waals surface area contributed by atoms with E-state index in [0.717, 1.165) is 27.9 Å². The Bertz CT molecular complexity index is 1240. The van der Waals surface area contributed by atoms with Crippen LogP contribution in [0, 0.1) is 20.8 Å². The lowest BCUT2D eigenvalue weighted by atomic mass is 9.97. The predicted octanol–water partition coefficient (Wildman–Crippen LogP) is 5.80. The summed E-state index contributed by atoms with van der Waals surface area (Å²) in [4.78, 5) is 28.4. The molecule has 5 nitrogen and oxygen atoms in total. The van der Waals surface area contributed by atoms with Crippen molar-refractivity contribution in [2.45, 2.75) is 40.7 Å². The van der Waals surface area contributed by atoms with Crippen LogP contribution in [0.4, 0.5) is 11.4 Å². The molecule has 0 saturated carbocycles. The lowest BCUT2D eigenvalue weighted by molar-refractivity contribution is -0.120. The van der Waals surface area contributed by atoms with Gasteiger partial charge >= 0.3 is 0 Å². The summed E-state index contributed by atoms with van der Waals surface area (Å²) in [6, 6.07) is 20.6. The molecule has 0 spiro atoms. The highest BCUT2D eigenvalue weighted by atomic mass is 16.5.